The van der Waals surface area contributed by atoms with Crippen LogP contribution in [0.15, 0.2) is 59.5 Å². The molecule has 4 rings (SSSR count). The van der Waals surface area contributed by atoms with E-state index in [2.05, 4.69) is 15.3 Å². The number of nitrogens with zero attached hydrogens (tertiary/aromatic N) is 3. The molecule has 2 heterocycles. The Bertz CT molecular complexity index is 1110. The van der Waals surface area contributed by atoms with E-state index in [-0.39, 0.29) is 23.8 Å². The largest absolute Gasteiger partial charge is 0.379 e. The highest BCUT2D eigenvalue weighted by atomic mass is 35.5. The molecule has 1 aliphatic rings. The molecular weight excluding hydrogens is 416 g/mol. The van der Waals surface area contributed by atoms with E-state index in [9.17, 15) is 9.59 Å². The first kappa shape index (κ1) is 21.5. The van der Waals surface area contributed by atoms with Gasteiger partial charge in [-0.15, -0.1) is 0 Å². The summed E-state index contributed by atoms with van der Waals surface area (Å²) in [6, 6.07) is 15.0. The number of amides is 1. The van der Waals surface area contributed by atoms with Gasteiger partial charge in [-0.2, -0.15) is 5.10 Å². The van der Waals surface area contributed by atoms with Crippen molar-refractivity contribution in [2.24, 2.45) is 0 Å². The molecule has 1 atom stereocenters. The third-order valence-electron chi connectivity index (χ3n) is 5.56. The van der Waals surface area contributed by atoms with Crippen LogP contribution in [0.25, 0.3) is 10.9 Å². The Balaban J connectivity index is 1.42. The van der Waals surface area contributed by atoms with Gasteiger partial charge in [-0.1, -0.05) is 41.9 Å². The molecule has 162 valence electrons. The maximum absolute atomic E-state index is 12.6. The molecule has 1 amide bonds. The number of nitrogens with one attached hydrogen (secondary N) is 1. The van der Waals surface area contributed by atoms with Crippen molar-refractivity contribution < 1.29 is 9.53 Å². The molecule has 8 heteroatoms. The summed E-state index contributed by atoms with van der Waals surface area (Å²) in [6.45, 7) is 3.76. The van der Waals surface area contributed by atoms with Crippen LogP contribution >= 0.6 is 11.6 Å². The van der Waals surface area contributed by atoms with E-state index in [4.69, 9.17) is 16.3 Å². The number of para-hydroxylation sites is 1. The second kappa shape index (κ2) is 10.0. The molecule has 1 aromatic heterocycles. The van der Waals surface area contributed by atoms with E-state index < -0.39 is 0 Å². The lowest BCUT2D eigenvalue weighted by Gasteiger charge is -2.35. The number of carbonyl (C=O) groups excluding carboxylic acids is 1. The standard InChI is InChI=1S/C23H25ClN4O3/c24-19-7-3-1-5-17(19)21(27-11-13-31-14-12-27)15-25-23(30)9-10-28-20-8-4-2-6-18(20)22(29)16-26-28/h1-8,16,21H,9-15H2,(H,25,30). The van der Waals surface area contributed by atoms with E-state index in [1.165, 1.54) is 6.20 Å². The summed E-state index contributed by atoms with van der Waals surface area (Å²) >= 11 is 6.46. The van der Waals surface area contributed by atoms with E-state index >= 15 is 0 Å². The monoisotopic (exact) mass is 440 g/mol. The van der Waals surface area contributed by atoms with Gasteiger partial charge in [0.15, 0.2) is 0 Å². The van der Waals surface area contributed by atoms with Crippen molar-refractivity contribution in [3.63, 3.8) is 0 Å². The summed E-state index contributed by atoms with van der Waals surface area (Å²) in [5, 5.41) is 8.54. The van der Waals surface area contributed by atoms with Gasteiger partial charge in [-0.3, -0.25) is 19.2 Å². The lowest BCUT2D eigenvalue weighted by molar-refractivity contribution is -0.121. The van der Waals surface area contributed by atoms with Gasteiger partial charge in [-0.05, 0) is 23.8 Å². The van der Waals surface area contributed by atoms with Gasteiger partial charge < -0.3 is 10.1 Å². The number of aryl methyl sites for hydroxylation is 1. The first-order valence-electron chi connectivity index (χ1n) is 10.4. The Morgan fingerprint density at radius 3 is 2.68 bits per heavy atom. The van der Waals surface area contributed by atoms with Crippen molar-refractivity contribution in [1.82, 2.24) is 20.0 Å². The van der Waals surface area contributed by atoms with Crippen LogP contribution in [0.5, 0.6) is 0 Å². The number of aromatic nitrogens is 2. The van der Waals surface area contributed by atoms with Crippen LogP contribution < -0.4 is 10.7 Å². The first-order valence-corrected chi connectivity index (χ1v) is 10.8. The van der Waals surface area contributed by atoms with E-state index in [0.717, 1.165) is 24.2 Å². The number of morpholine rings is 1. The Hall–Kier alpha value is -2.74. The van der Waals surface area contributed by atoms with Gasteiger partial charge in [0.1, 0.15) is 0 Å². The van der Waals surface area contributed by atoms with Gasteiger partial charge in [-0.25, -0.2) is 0 Å². The number of rotatable bonds is 7. The van der Waals surface area contributed by atoms with Crippen molar-refractivity contribution in [3.05, 3.63) is 75.5 Å². The van der Waals surface area contributed by atoms with E-state index in [1.807, 2.05) is 42.5 Å². The summed E-state index contributed by atoms with van der Waals surface area (Å²) in [5.74, 6) is -0.0742. The highest BCUT2D eigenvalue weighted by Crippen LogP contribution is 2.27. The minimum atomic E-state index is -0.121. The molecule has 1 N–H and O–H groups in total. The summed E-state index contributed by atoms with van der Waals surface area (Å²) in [7, 11) is 0. The minimum Gasteiger partial charge on any atom is -0.379 e. The number of ether oxygens (including phenoxy) is 1. The highest BCUT2D eigenvalue weighted by Gasteiger charge is 2.24. The SMILES string of the molecule is O=C(CCn1ncc(=O)c2ccccc21)NCC(c1ccccc1Cl)N1CCOCC1. The number of halogens is 1. The topological polar surface area (TPSA) is 76.5 Å². The lowest BCUT2D eigenvalue weighted by Crippen LogP contribution is -2.44. The summed E-state index contributed by atoms with van der Waals surface area (Å²) in [5.41, 5.74) is 1.61. The average molecular weight is 441 g/mol. The first-order chi connectivity index (χ1) is 15.1. The van der Waals surface area contributed by atoms with Crippen LogP contribution in [0, 0.1) is 0 Å². The fourth-order valence-electron chi connectivity index (χ4n) is 3.92. The molecule has 0 saturated carbocycles. The Morgan fingerprint density at radius 1 is 1.13 bits per heavy atom. The molecule has 0 spiro atoms. The van der Waals surface area contributed by atoms with Gasteiger partial charge in [0.25, 0.3) is 0 Å². The van der Waals surface area contributed by atoms with Crippen LogP contribution in [0.4, 0.5) is 0 Å². The van der Waals surface area contributed by atoms with Crippen LogP contribution in [0.1, 0.15) is 18.0 Å². The molecule has 1 saturated heterocycles. The third kappa shape index (κ3) is 5.12. The fraction of sp³-hybridized carbons (Fsp3) is 0.348. The minimum absolute atomic E-state index is 0.0205. The van der Waals surface area contributed by atoms with Crippen LogP contribution in [0.3, 0.4) is 0 Å². The van der Waals surface area contributed by atoms with Crippen molar-refractivity contribution in [3.8, 4) is 0 Å². The zero-order chi connectivity index (χ0) is 21.6. The number of hydrogen-bond donors (Lipinski definition) is 1. The molecule has 0 bridgehead atoms. The molecule has 3 aromatic rings. The van der Waals surface area contributed by atoms with Crippen molar-refractivity contribution in [2.45, 2.75) is 19.0 Å². The molecule has 7 nitrogen and oxygen atoms in total. The van der Waals surface area contributed by atoms with Crippen molar-refractivity contribution in [1.29, 1.82) is 0 Å². The van der Waals surface area contributed by atoms with Gasteiger partial charge >= 0.3 is 0 Å². The fourth-order valence-corrected chi connectivity index (χ4v) is 4.18. The van der Waals surface area contributed by atoms with Gasteiger partial charge in [0, 0.05) is 36.5 Å². The molecular formula is C23H25ClN4O3. The lowest BCUT2D eigenvalue weighted by atomic mass is 10.0. The van der Waals surface area contributed by atoms with Crippen molar-refractivity contribution in [2.75, 3.05) is 32.8 Å². The molecule has 1 aliphatic heterocycles. The molecule has 1 fully saturated rings. The Labute approximate surface area is 185 Å². The maximum Gasteiger partial charge on any atom is 0.221 e. The smallest absolute Gasteiger partial charge is 0.221 e. The molecule has 0 aliphatic carbocycles. The highest BCUT2D eigenvalue weighted by molar-refractivity contribution is 6.31. The van der Waals surface area contributed by atoms with E-state index in [0.29, 0.717) is 36.7 Å². The van der Waals surface area contributed by atoms with E-state index in [1.54, 1.807) is 10.7 Å². The zero-order valence-corrected chi connectivity index (χ0v) is 17.9. The Morgan fingerprint density at radius 2 is 1.87 bits per heavy atom. The summed E-state index contributed by atoms with van der Waals surface area (Å²) in [6.07, 6.45) is 1.56. The van der Waals surface area contributed by atoms with Gasteiger partial charge in [0.2, 0.25) is 11.3 Å². The zero-order valence-electron chi connectivity index (χ0n) is 17.2. The number of benzene rings is 2. The molecule has 2 aromatic carbocycles. The normalized spacial score (nSPS) is 15.6. The summed E-state index contributed by atoms with van der Waals surface area (Å²) in [4.78, 5) is 26.9. The molecule has 0 radical (unpaired) electrons. The molecule has 1 unspecified atom stereocenters. The number of hydrogen-bond acceptors (Lipinski definition) is 5. The number of carbonyl (C=O) groups is 1. The second-order valence-electron chi connectivity index (χ2n) is 7.49. The predicted molar refractivity (Wildman–Crippen MR) is 120 cm³/mol. The maximum atomic E-state index is 12.6. The third-order valence-corrected chi connectivity index (χ3v) is 5.90. The van der Waals surface area contributed by atoms with Crippen LogP contribution in [0.2, 0.25) is 5.02 Å². The van der Waals surface area contributed by atoms with Crippen molar-refractivity contribution >= 4 is 28.4 Å². The second-order valence-corrected chi connectivity index (χ2v) is 7.90. The Kier molecular flexibility index (Phi) is 6.96. The predicted octanol–water partition coefficient (Wildman–Crippen LogP) is 2.63. The number of fused-ring (bicyclic) bond motifs is 1. The quantitative estimate of drug-likeness (QED) is 0.611. The molecule has 31 heavy (non-hydrogen) atoms. The van der Waals surface area contributed by atoms with Gasteiger partial charge in [0.05, 0.1) is 37.5 Å². The van der Waals surface area contributed by atoms with Crippen LogP contribution in [-0.4, -0.2) is 53.4 Å². The van der Waals surface area contributed by atoms with Crippen LogP contribution in [-0.2, 0) is 16.1 Å². The average Bonchev–Trinajstić information content (AvgIpc) is 2.81. The summed E-state index contributed by atoms with van der Waals surface area (Å²) < 4.78 is 7.18.